The predicted octanol–water partition coefficient (Wildman–Crippen LogP) is 6.48. The van der Waals surface area contributed by atoms with Crippen molar-refractivity contribution in [3.63, 3.8) is 0 Å². The van der Waals surface area contributed by atoms with Crippen molar-refractivity contribution < 1.29 is 9.13 Å². The number of benzene rings is 3. The second-order valence-corrected chi connectivity index (χ2v) is 8.21. The van der Waals surface area contributed by atoms with E-state index in [4.69, 9.17) is 21.4 Å². The fourth-order valence-corrected chi connectivity index (χ4v) is 4.17. The van der Waals surface area contributed by atoms with Crippen molar-refractivity contribution in [2.24, 2.45) is 5.10 Å². The van der Waals surface area contributed by atoms with Crippen molar-refractivity contribution in [3.8, 4) is 5.75 Å². The molecule has 0 aliphatic carbocycles. The smallest absolute Gasteiger partial charge is 0.213 e. The van der Waals surface area contributed by atoms with Gasteiger partial charge in [0.25, 0.3) is 0 Å². The van der Waals surface area contributed by atoms with Crippen LogP contribution in [0, 0.1) is 5.82 Å². The third-order valence-corrected chi connectivity index (χ3v) is 5.85. The molecule has 2 atom stereocenters. The monoisotopic (exact) mass is 456 g/mol. The van der Waals surface area contributed by atoms with Crippen molar-refractivity contribution in [1.29, 1.82) is 0 Å². The van der Waals surface area contributed by atoms with E-state index in [9.17, 15) is 4.39 Å². The van der Waals surface area contributed by atoms with E-state index in [-0.39, 0.29) is 11.9 Å². The van der Waals surface area contributed by atoms with E-state index >= 15 is 0 Å². The fourth-order valence-electron chi connectivity index (χ4n) is 3.72. The molecule has 0 aromatic heterocycles. The molecular formula is C22H15BrClFN2O. The van der Waals surface area contributed by atoms with E-state index in [1.165, 1.54) is 12.1 Å². The highest BCUT2D eigenvalue weighted by Crippen LogP contribution is 2.48. The Hall–Kier alpha value is -2.37. The van der Waals surface area contributed by atoms with Crippen molar-refractivity contribution in [1.82, 2.24) is 5.01 Å². The summed E-state index contributed by atoms with van der Waals surface area (Å²) in [5.41, 5.74) is 3.93. The van der Waals surface area contributed by atoms with Gasteiger partial charge < -0.3 is 4.74 Å². The van der Waals surface area contributed by atoms with Crippen LogP contribution >= 0.6 is 27.5 Å². The van der Waals surface area contributed by atoms with Crippen LogP contribution in [0.1, 0.15) is 35.4 Å². The number of nitrogens with zero attached hydrogens (tertiary/aromatic N) is 2. The summed E-state index contributed by atoms with van der Waals surface area (Å²) in [6.45, 7) is 0. The van der Waals surface area contributed by atoms with Gasteiger partial charge in [0, 0.05) is 27.0 Å². The highest BCUT2D eigenvalue weighted by Gasteiger charge is 2.41. The van der Waals surface area contributed by atoms with E-state index in [0.29, 0.717) is 5.02 Å². The van der Waals surface area contributed by atoms with E-state index in [1.807, 2.05) is 47.5 Å². The second kappa shape index (κ2) is 6.90. The van der Waals surface area contributed by atoms with Gasteiger partial charge in [0.15, 0.2) is 0 Å². The summed E-state index contributed by atoms with van der Waals surface area (Å²) in [7, 11) is 0. The Morgan fingerprint density at radius 3 is 2.54 bits per heavy atom. The molecule has 0 spiro atoms. The Balaban J connectivity index is 1.59. The van der Waals surface area contributed by atoms with Crippen LogP contribution in [0.15, 0.2) is 76.3 Å². The molecule has 0 saturated carbocycles. The van der Waals surface area contributed by atoms with Crippen LogP contribution in [-0.2, 0) is 0 Å². The summed E-state index contributed by atoms with van der Waals surface area (Å²) in [6.07, 6.45) is 0.322. The summed E-state index contributed by atoms with van der Waals surface area (Å²) in [4.78, 5) is 0. The minimum Gasteiger partial charge on any atom is -0.464 e. The van der Waals surface area contributed by atoms with E-state index < -0.39 is 6.23 Å². The molecule has 2 heterocycles. The zero-order valence-corrected chi connectivity index (χ0v) is 17.0. The topological polar surface area (TPSA) is 24.8 Å². The quantitative estimate of drug-likeness (QED) is 0.440. The van der Waals surface area contributed by atoms with Crippen LogP contribution in [0.5, 0.6) is 5.75 Å². The maximum atomic E-state index is 13.4. The van der Waals surface area contributed by atoms with Gasteiger partial charge in [-0.2, -0.15) is 5.10 Å². The standard InChI is InChI=1S/C22H15BrClFN2O/c23-15-5-1-13(2-6-15)19-12-20-18-11-16(24)7-10-21(18)28-22(27(20)26-19)14-3-8-17(25)9-4-14/h1-11,20,22H,12H2. The third-order valence-electron chi connectivity index (χ3n) is 5.08. The van der Waals surface area contributed by atoms with E-state index in [2.05, 4.69) is 15.9 Å². The molecule has 0 fully saturated rings. The SMILES string of the molecule is Fc1ccc(C2Oc3ccc(Cl)cc3C3CC(c4ccc(Br)cc4)=NN32)cc1. The van der Waals surface area contributed by atoms with Gasteiger partial charge in [0.05, 0.1) is 11.8 Å². The molecule has 0 amide bonds. The first-order valence-corrected chi connectivity index (χ1v) is 10.1. The number of hydrazone groups is 1. The minimum absolute atomic E-state index is 0.0103. The molecule has 5 rings (SSSR count). The number of hydrogen-bond acceptors (Lipinski definition) is 3. The third kappa shape index (κ3) is 3.09. The second-order valence-electron chi connectivity index (χ2n) is 6.86. The van der Waals surface area contributed by atoms with Gasteiger partial charge in [0.2, 0.25) is 6.23 Å². The Morgan fingerprint density at radius 2 is 1.79 bits per heavy atom. The Morgan fingerprint density at radius 1 is 1.04 bits per heavy atom. The van der Waals surface area contributed by atoms with E-state index in [1.54, 1.807) is 12.1 Å². The molecule has 0 N–H and O–H groups in total. The number of halogens is 3. The van der Waals surface area contributed by atoms with Gasteiger partial charge in [-0.1, -0.05) is 51.8 Å². The average Bonchev–Trinajstić information content (AvgIpc) is 3.14. The summed E-state index contributed by atoms with van der Waals surface area (Å²) < 4.78 is 20.7. The molecule has 2 aliphatic rings. The molecule has 3 aromatic carbocycles. The molecule has 0 radical (unpaired) electrons. The molecule has 3 aromatic rings. The maximum absolute atomic E-state index is 13.4. The highest BCUT2D eigenvalue weighted by atomic mass is 79.9. The lowest BCUT2D eigenvalue weighted by atomic mass is 9.96. The number of hydrogen-bond donors (Lipinski definition) is 0. The van der Waals surface area contributed by atoms with Crippen LogP contribution in [0.4, 0.5) is 4.39 Å². The molecule has 140 valence electrons. The van der Waals surface area contributed by atoms with Crippen LogP contribution in [-0.4, -0.2) is 10.7 Å². The number of ether oxygens (including phenoxy) is 1. The first kappa shape index (κ1) is 17.7. The molecule has 0 bridgehead atoms. The van der Waals surface area contributed by atoms with Crippen molar-refractivity contribution >= 4 is 33.2 Å². The van der Waals surface area contributed by atoms with E-state index in [0.717, 1.165) is 39.0 Å². The van der Waals surface area contributed by atoms with Gasteiger partial charge in [0.1, 0.15) is 11.6 Å². The van der Waals surface area contributed by atoms with Crippen molar-refractivity contribution in [3.05, 3.63) is 98.7 Å². The largest absolute Gasteiger partial charge is 0.464 e. The molecule has 3 nitrogen and oxygen atoms in total. The van der Waals surface area contributed by atoms with Crippen molar-refractivity contribution in [2.45, 2.75) is 18.7 Å². The summed E-state index contributed by atoms with van der Waals surface area (Å²) in [5.74, 6) is 0.510. The summed E-state index contributed by atoms with van der Waals surface area (Å²) in [6, 6.07) is 20.2. The zero-order valence-electron chi connectivity index (χ0n) is 14.6. The van der Waals surface area contributed by atoms with Gasteiger partial charge in [-0.05, 0) is 48.0 Å². The van der Waals surface area contributed by atoms with Crippen LogP contribution in [0.25, 0.3) is 0 Å². The predicted molar refractivity (Wildman–Crippen MR) is 111 cm³/mol. The molecule has 6 heteroatoms. The zero-order chi connectivity index (χ0) is 19.3. The fraction of sp³-hybridized carbons (Fsp3) is 0.136. The molecule has 2 aliphatic heterocycles. The first-order chi connectivity index (χ1) is 13.6. The normalized spacial score (nSPS) is 20.2. The van der Waals surface area contributed by atoms with Gasteiger partial charge >= 0.3 is 0 Å². The Bertz CT molecular complexity index is 1070. The lowest BCUT2D eigenvalue weighted by Crippen LogP contribution is -2.33. The lowest BCUT2D eigenvalue weighted by molar-refractivity contribution is -0.0190. The Labute approximate surface area is 175 Å². The number of rotatable bonds is 2. The average molecular weight is 458 g/mol. The highest BCUT2D eigenvalue weighted by molar-refractivity contribution is 9.10. The summed E-state index contributed by atoms with van der Waals surface area (Å²) in [5, 5.41) is 7.52. The first-order valence-electron chi connectivity index (χ1n) is 8.92. The molecule has 2 unspecified atom stereocenters. The van der Waals surface area contributed by atoms with Gasteiger partial charge in [-0.3, -0.25) is 0 Å². The summed E-state index contributed by atoms with van der Waals surface area (Å²) >= 11 is 9.73. The van der Waals surface area contributed by atoms with Gasteiger partial charge in [-0.25, -0.2) is 9.40 Å². The van der Waals surface area contributed by atoms with Crippen LogP contribution < -0.4 is 4.74 Å². The maximum Gasteiger partial charge on any atom is 0.213 e. The Kier molecular flexibility index (Phi) is 4.37. The van der Waals surface area contributed by atoms with Crippen molar-refractivity contribution in [2.75, 3.05) is 0 Å². The lowest BCUT2D eigenvalue weighted by Gasteiger charge is -2.38. The van der Waals surface area contributed by atoms with Crippen LogP contribution in [0.3, 0.4) is 0 Å². The minimum atomic E-state index is -0.424. The van der Waals surface area contributed by atoms with Gasteiger partial charge in [-0.15, -0.1) is 0 Å². The molecule has 28 heavy (non-hydrogen) atoms. The molecule has 0 saturated heterocycles. The number of fused-ring (bicyclic) bond motifs is 3. The van der Waals surface area contributed by atoms with Crippen LogP contribution in [0.2, 0.25) is 5.02 Å². The molecular weight excluding hydrogens is 443 g/mol.